The maximum atomic E-state index is 12.9. The van der Waals surface area contributed by atoms with E-state index in [9.17, 15) is 19.2 Å². The summed E-state index contributed by atoms with van der Waals surface area (Å²) in [5, 5.41) is 8.07. The Kier molecular flexibility index (Phi) is 12.1. The van der Waals surface area contributed by atoms with E-state index in [0.29, 0.717) is 24.9 Å². The number of methoxy groups -OCH3 is 1. The Labute approximate surface area is 223 Å². The van der Waals surface area contributed by atoms with Crippen molar-refractivity contribution < 1.29 is 33.4 Å². The molecule has 0 saturated carbocycles. The Balaban J connectivity index is 1.85. The molecule has 0 spiro atoms. The number of esters is 1. The van der Waals surface area contributed by atoms with Crippen molar-refractivity contribution in [3.63, 3.8) is 0 Å². The number of benzene rings is 2. The highest BCUT2D eigenvalue weighted by Crippen LogP contribution is 2.09. The summed E-state index contributed by atoms with van der Waals surface area (Å²) in [7, 11) is 1.32. The standard InChI is InChI=1S/C28H37N3O7/c1-28(2,3)38-27(35)31-23(14-9-16-30-26(34)37-19-21-10-6-5-7-11-21)24(32)29-17-15-20-12-8-13-22(18-20)25(33)36-4/h5-8,10-13,18,23H,9,14-17,19H2,1-4H3,(H,29,32)(H,30,34)(H,31,35)/t23-/m0/s1. The summed E-state index contributed by atoms with van der Waals surface area (Å²) in [6, 6.07) is 15.4. The molecular weight excluding hydrogens is 490 g/mol. The van der Waals surface area contributed by atoms with Crippen LogP contribution in [0, 0.1) is 0 Å². The molecule has 0 radical (unpaired) electrons. The molecule has 3 N–H and O–H groups in total. The van der Waals surface area contributed by atoms with Gasteiger partial charge in [0.15, 0.2) is 0 Å². The van der Waals surface area contributed by atoms with Gasteiger partial charge in [0.1, 0.15) is 18.2 Å². The number of carbonyl (C=O) groups excluding carboxylic acids is 4. The average Bonchev–Trinajstić information content (AvgIpc) is 2.88. The molecule has 206 valence electrons. The highest BCUT2D eigenvalue weighted by Gasteiger charge is 2.24. The fraction of sp³-hybridized carbons (Fsp3) is 0.429. The van der Waals surface area contributed by atoms with E-state index in [1.807, 2.05) is 36.4 Å². The molecule has 0 aliphatic rings. The van der Waals surface area contributed by atoms with Gasteiger partial charge in [-0.3, -0.25) is 4.79 Å². The van der Waals surface area contributed by atoms with Gasteiger partial charge in [0.05, 0.1) is 12.7 Å². The van der Waals surface area contributed by atoms with Crippen LogP contribution < -0.4 is 16.0 Å². The molecule has 0 saturated heterocycles. The largest absolute Gasteiger partial charge is 0.465 e. The van der Waals surface area contributed by atoms with Gasteiger partial charge in [-0.05, 0) is 63.3 Å². The van der Waals surface area contributed by atoms with Gasteiger partial charge in [-0.25, -0.2) is 14.4 Å². The van der Waals surface area contributed by atoms with Gasteiger partial charge in [0, 0.05) is 13.1 Å². The van der Waals surface area contributed by atoms with Crippen LogP contribution in [0.2, 0.25) is 0 Å². The van der Waals surface area contributed by atoms with Gasteiger partial charge in [-0.2, -0.15) is 0 Å². The fourth-order valence-electron chi connectivity index (χ4n) is 3.41. The number of carbonyl (C=O) groups is 4. The van der Waals surface area contributed by atoms with Gasteiger partial charge >= 0.3 is 18.2 Å². The molecule has 3 amide bonds. The van der Waals surface area contributed by atoms with Gasteiger partial charge < -0.3 is 30.2 Å². The zero-order chi connectivity index (χ0) is 28.0. The third-order valence-electron chi connectivity index (χ3n) is 5.22. The summed E-state index contributed by atoms with van der Waals surface area (Å²) in [5.74, 6) is -0.818. The van der Waals surface area contributed by atoms with Crippen molar-refractivity contribution in [2.24, 2.45) is 0 Å². The lowest BCUT2D eigenvalue weighted by Gasteiger charge is -2.23. The van der Waals surface area contributed by atoms with Crippen molar-refractivity contribution in [3.8, 4) is 0 Å². The van der Waals surface area contributed by atoms with E-state index in [-0.39, 0.29) is 25.5 Å². The second-order valence-electron chi connectivity index (χ2n) is 9.56. The monoisotopic (exact) mass is 527 g/mol. The average molecular weight is 528 g/mol. The molecule has 0 bridgehead atoms. The predicted octanol–water partition coefficient (Wildman–Crippen LogP) is 3.73. The summed E-state index contributed by atoms with van der Waals surface area (Å²) in [6.07, 6.45) is -0.121. The fourth-order valence-corrected chi connectivity index (χ4v) is 3.41. The van der Waals surface area contributed by atoms with Gasteiger partial charge in [-0.1, -0.05) is 42.5 Å². The molecule has 0 aliphatic carbocycles. The van der Waals surface area contributed by atoms with Crippen LogP contribution in [0.5, 0.6) is 0 Å². The molecule has 1 atom stereocenters. The molecule has 0 fully saturated rings. The Bertz CT molecular complexity index is 1070. The first-order valence-electron chi connectivity index (χ1n) is 12.5. The summed E-state index contributed by atoms with van der Waals surface area (Å²) in [5.41, 5.74) is 1.43. The molecule has 0 heterocycles. The molecule has 2 rings (SSSR count). The van der Waals surface area contributed by atoms with Crippen LogP contribution in [0.1, 0.15) is 55.1 Å². The molecular formula is C28H37N3O7. The number of amides is 3. The van der Waals surface area contributed by atoms with Crippen molar-refractivity contribution in [2.45, 2.75) is 58.3 Å². The lowest BCUT2D eigenvalue weighted by atomic mass is 10.1. The Morgan fingerprint density at radius 1 is 0.868 bits per heavy atom. The third-order valence-corrected chi connectivity index (χ3v) is 5.22. The molecule has 2 aromatic rings. The number of rotatable bonds is 12. The van der Waals surface area contributed by atoms with Crippen LogP contribution >= 0.6 is 0 Å². The van der Waals surface area contributed by atoms with Crippen LogP contribution in [-0.2, 0) is 32.0 Å². The van der Waals surface area contributed by atoms with Crippen LogP contribution in [0.15, 0.2) is 54.6 Å². The lowest BCUT2D eigenvalue weighted by Crippen LogP contribution is -2.48. The predicted molar refractivity (Wildman–Crippen MR) is 142 cm³/mol. The minimum absolute atomic E-state index is 0.153. The Morgan fingerprint density at radius 2 is 1.58 bits per heavy atom. The van der Waals surface area contributed by atoms with E-state index in [1.165, 1.54) is 7.11 Å². The van der Waals surface area contributed by atoms with Gasteiger partial charge in [-0.15, -0.1) is 0 Å². The third kappa shape index (κ3) is 11.8. The van der Waals surface area contributed by atoms with E-state index < -0.39 is 29.8 Å². The summed E-state index contributed by atoms with van der Waals surface area (Å²) in [6.45, 7) is 5.90. The van der Waals surface area contributed by atoms with Crippen molar-refractivity contribution in [3.05, 3.63) is 71.3 Å². The molecule has 10 heteroatoms. The number of hydrogen-bond donors (Lipinski definition) is 3. The summed E-state index contributed by atoms with van der Waals surface area (Å²) in [4.78, 5) is 48.9. The number of alkyl carbamates (subject to hydrolysis) is 2. The number of nitrogens with one attached hydrogen (secondary N) is 3. The Hall–Kier alpha value is -4.08. The Morgan fingerprint density at radius 3 is 2.26 bits per heavy atom. The van der Waals surface area contributed by atoms with E-state index in [1.54, 1.807) is 39.0 Å². The van der Waals surface area contributed by atoms with E-state index in [4.69, 9.17) is 14.2 Å². The zero-order valence-electron chi connectivity index (χ0n) is 22.4. The molecule has 0 aromatic heterocycles. The smallest absolute Gasteiger partial charge is 0.408 e. The van der Waals surface area contributed by atoms with Crippen molar-refractivity contribution >= 4 is 24.1 Å². The molecule has 0 unspecified atom stereocenters. The van der Waals surface area contributed by atoms with Crippen molar-refractivity contribution in [1.82, 2.24) is 16.0 Å². The quantitative estimate of drug-likeness (QED) is 0.218. The van der Waals surface area contributed by atoms with Crippen LogP contribution in [-0.4, -0.2) is 55.9 Å². The van der Waals surface area contributed by atoms with Crippen LogP contribution in [0.3, 0.4) is 0 Å². The number of hydrogen-bond acceptors (Lipinski definition) is 7. The molecule has 10 nitrogen and oxygen atoms in total. The maximum Gasteiger partial charge on any atom is 0.408 e. The molecule has 2 aromatic carbocycles. The van der Waals surface area contributed by atoms with Crippen LogP contribution in [0.25, 0.3) is 0 Å². The first-order chi connectivity index (χ1) is 18.1. The summed E-state index contributed by atoms with van der Waals surface area (Å²) >= 11 is 0. The van der Waals surface area contributed by atoms with Crippen LogP contribution in [0.4, 0.5) is 9.59 Å². The van der Waals surface area contributed by atoms with Gasteiger partial charge in [0.2, 0.25) is 5.91 Å². The zero-order valence-corrected chi connectivity index (χ0v) is 22.4. The normalized spacial score (nSPS) is 11.6. The van der Waals surface area contributed by atoms with Crippen molar-refractivity contribution in [2.75, 3.05) is 20.2 Å². The minimum Gasteiger partial charge on any atom is -0.465 e. The topological polar surface area (TPSA) is 132 Å². The first kappa shape index (κ1) is 30.1. The van der Waals surface area contributed by atoms with E-state index >= 15 is 0 Å². The van der Waals surface area contributed by atoms with Crippen molar-refractivity contribution in [1.29, 1.82) is 0 Å². The van der Waals surface area contributed by atoms with E-state index in [2.05, 4.69) is 16.0 Å². The lowest BCUT2D eigenvalue weighted by molar-refractivity contribution is -0.123. The highest BCUT2D eigenvalue weighted by molar-refractivity contribution is 5.89. The molecule has 0 aliphatic heterocycles. The first-order valence-corrected chi connectivity index (χ1v) is 12.5. The minimum atomic E-state index is -0.867. The SMILES string of the molecule is COC(=O)c1cccc(CCNC(=O)[C@H](CCCNC(=O)OCc2ccccc2)NC(=O)OC(C)(C)C)c1. The summed E-state index contributed by atoms with van der Waals surface area (Å²) < 4.78 is 15.2. The van der Waals surface area contributed by atoms with Gasteiger partial charge in [0.25, 0.3) is 0 Å². The second kappa shape index (κ2) is 15.2. The number of ether oxygens (including phenoxy) is 3. The maximum absolute atomic E-state index is 12.9. The molecule has 38 heavy (non-hydrogen) atoms. The van der Waals surface area contributed by atoms with E-state index in [0.717, 1.165) is 11.1 Å². The second-order valence-corrected chi connectivity index (χ2v) is 9.56. The highest BCUT2D eigenvalue weighted by atomic mass is 16.6.